The Morgan fingerprint density at radius 3 is 2.28 bits per heavy atom. The van der Waals surface area contributed by atoms with E-state index in [0.29, 0.717) is 25.5 Å². The Bertz CT molecular complexity index is 829. The zero-order valence-corrected chi connectivity index (χ0v) is 14.0. The Morgan fingerprint density at radius 1 is 0.800 bits per heavy atom. The molecule has 4 heteroatoms. The average molecular weight is 335 g/mol. The zero-order chi connectivity index (χ0) is 17.3. The molecule has 0 aliphatic rings. The van der Waals surface area contributed by atoms with Gasteiger partial charge in [0.2, 0.25) is 0 Å². The molecule has 0 radical (unpaired) electrons. The van der Waals surface area contributed by atoms with E-state index in [4.69, 9.17) is 9.47 Å². The third-order valence-electron chi connectivity index (χ3n) is 3.78. The number of rotatable bonds is 8. The van der Waals surface area contributed by atoms with Crippen LogP contribution in [0.1, 0.15) is 12.0 Å². The lowest BCUT2D eigenvalue weighted by atomic mass is 10.2. The van der Waals surface area contributed by atoms with Crippen molar-refractivity contribution in [2.24, 2.45) is 0 Å². The van der Waals surface area contributed by atoms with Crippen molar-refractivity contribution in [2.45, 2.75) is 19.6 Å². The second-order valence-corrected chi connectivity index (χ2v) is 5.66. The van der Waals surface area contributed by atoms with Gasteiger partial charge in [-0.15, -0.1) is 0 Å². The molecule has 2 aromatic carbocycles. The van der Waals surface area contributed by atoms with Crippen LogP contribution in [0.3, 0.4) is 0 Å². The number of hydrogen-bond acceptors (Lipinski definition) is 3. The molecule has 0 spiro atoms. The van der Waals surface area contributed by atoms with Crippen molar-refractivity contribution >= 4 is 0 Å². The lowest BCUT2D eigenvalue weighted by molar-refractivity contribution is 0.290. The van der Waals surface area contributed by atoms with E-state index in [1.807, 2.05) is 66.7 Å². The summed E-state index contributed by atoms with van der Waals surface area (Å²) >= 11 is 0. The van der Waals surface area contributed by atoms with Crippen molar-refractivity contribution in [3.8, 4) is 11.5 Å². The summed E-state index contributed by atoms with van der Waals surface area (Å²) in [6, 6.07) is 23.0. The molecule has 3 rings (SSSR count). The number of hydrogen-bond donors (Lipinski definition) is 0. The van der Waals surface area contributed by atoms with Crippen LogP contribution in [0.4, 0.5) is 0 Å². The van der Waals surface area contributed by atoms with Crippen LogP contribution in [0.5, 0.6) is 11.5 Å². The molecule has 128 valence electrons. The Kier molecular flexibility index (Phi) is 5.88. The first kappa shape index (κ1) is 16.8. The fourth-order valence-electron chi connectivity index (χ4n) is 2.48. The molecule has 25 heavy (non-hydrogen) atoms. The largest absolute Gasteiger partial charge is 0.494 e. The molecule has 1 heterocycles. The molecule has 0 saturated heterocycles. The normalized spacial score (nSPS) is 10.4. The topological polar surface area (TPSA) is 40.5 Å². The minimum Gasteiger partial charge on any atom is -0.494 e. The molecule has 0 amide bonds. The van der Waals surface area contributed by atoms with Crippen LogP contribution in [0.15, 0.2) is 83.8 Å². The maximum Gasteiger partial charge on any atom is 0.292 e. The van der Waals surface area contributed by atoms with Gasteiger partial charge in [-0.2, -0.15) is 0 Å². The summed E-state index contributed by atoms with van der Waals surface area (Å²) in [6.07, 6.45) is 2.52. The van der Waals surface area contributed by atoms with Gasteiger partial charge in [0.1, 0.15) is 12.4 Å². The molecular weight excluding hydrogens is 314 g/mol. The van der Waals surface area contributed by atoms with Crippen molar-refractivity contribution in [3.63, 3.8) is 0 Å². The van der Waals surface area contributed by atoms with Gasteiger partial charge >= 0.3 is 0 Å². The average Bonchev–Trinajstić information content (AvgIpc) is 2.67. The second-order valence-electron chi connectivity index (χ2n) is 5.66. The molecule has 0 aliphatic carbocycles. The molecule has 4 nitrogen and oxygen atoms in total. The summed E-state index contributed by atoms with van der Waals surface area (Å²) in [5.41, 5.74) is 0.923. The van der Waals surface area contributed by atoms with E-state index >= 15 is 0 Å². The van der Waals surface area contributed by atoms with E-state index in [2.05, 4.69) is 0 Å². The molecule has 0 aliphatic heterocycles. The maximum absolute atomic E-state index is 12.5. The standard InChI is InChI=1S/C21H21NO3/c23-21-20(25-17-18-9-3-1-4-10-18)13-7-14-22(21)15-8-16-24-19-11-5-2-6-12-19/h1-7,9-14H,8,15-17H2. The molecule has 0 fully saturated rings. The van der Waals surface area contributed by atoms with Gasteiger partial charge in [-0.05, 0) is 36.2 Å². The van der Waals surface area contributed by atoms with Crippen LogP contribution < -0.4 is 15.0 Å². The Hall–Kier alpha value is -3.01. The Balaban J connectivity index is 1.53. The van der Waals surface area contributed by atoms with Crippen LogP contribution >= 0.6 is 0 Å². The van der Waals surface area contributed by atoms with Crippen LogP contribution in [0.2, 0.25) is 0 Å². The van der Waals surface area contributed by atoms with Crippen molar-refractivity contribution < 1.29 is 9.47 Å². The van der Waals surface area contributed by atoms with Crippen molar-refractivity contribution in [2.75, 3.05) is 6.61 Å². The van der Waals surface area contributed by atoms with E-state index in [0.717, 1.165) is 17.7 Å². The summed E-state index contributed by atoms with van der Waals surface area (Å²) in [7, 11) is 0. The number of aromatic nitrogens is 1. The van der Waals surface area contributed by atoms with Crippen LogP contribution in [-0.2, 0) is 13.2 Å². The van der Waals surface area contributed by atoms with Gasteiger partial charge in [0.05, 0.1) is 6.61 Å². The number of benzene rings is 2. The number of para-hydroxylation sites is 1. The number of pyridine rings is 1. The van der Waals surface area contributed by atoms with E-state index in [-0.39, 0.29) is 5.56 Å². The molecule has 3 aromatic rings. The van der Waals surface area contributed by atoms with Crippen molar-refractivity contribution in [1.29, 1.82) is 0 Å². The van der Waals surface area contributed by atoms with Gasteiger partial charge in [0.25, 0.3) is 5.56 Å². The molecule has 0 bridgehead atoms. The van der Waals surface area contributed by atoms with Gasteiger partial charge in [-0.1, -0.05) is 48.5 Å². The third-order valence-corrected chi connectivity index (χ3v) is 3.78. The summed E-state index contributed by atoms with van der Waals surface area (Å²) in [5, 5.41) is 0. The predicted molar refractivity (Wildman–Crippen MR) is 98.0 cm³/mol. The quantitative estimate of drug-likeness (QED) is 0.586. The summed E-state index contributed by atoms with van der Waals surface area (Å²) in [6.45, 7) is 1.54. The van der Waals surface area contributed by atoms with Gasteiger partial charge in [0, 0.05) is 12.7 Å². The summed E-state index contributed by atoms with van der Waals surface area (Å²) in [4.78, 5) is 12.5. The van der Waals surface area contributed by atoms with E-state index in [1.165, 1.54) is 0 Å². The Morgan fingerprint density at radius 2 is 1.52 bits per heavy atom. The minimum absolute atomic E-state index is 0.113. The molecule has 0 N–H and O–H groups in total. The maximum atomic E-state index is 12.5. The van der Waals surface area contributed by atoms with E-state index in [1.54, 1.807) is 16.8 Å². The highest BCUT2D eigenvalue weighted by atomic mass is 16.5. The highest BCUT2D eigenvalue weighted by Crippen LogP contribution is 2.09. The van der Waals surface area contributed by atoms with E-state index in [9.17, 15) is 4.79 Å². The van der Waals surface area contributed by atoms with E-state index < -0.39 is 0 Å². The second kappa shape index (κ2) is 8.73. The number of nitrogens with zero attached hydrogens (tertiary/aromatic N) is 1. The first-order valence-corrected chi connectivity index (χ1v) is 8.37. The fourth-order valence-corrected chi connectivity index (χ4v) is 2.48. The number of aryl methyl sites for hydroxylation is 1. The molecule has 0 unspecified atom stereocenters. The minimum atomic E-state index is -0.113. The SMILES string of the molecule is O=c1c(OCc2ccccc2)cccn1CCCOc1ccccc1. The van der Waals surface area contributed by atoms with Crippen LogP contribution in [0.25, 0.3) is 0 Å². The van der Waals surface area contributed by atoms with Gasteiger partial charge in [-0.25, -0.2) is 0 Å². The lowest BCUT2D eigenvalue weighted by Crippen LogP contribution is -2.22. The molecule has 0 atom stereocenters. The first-order chi connectivity index (χ1) is 12.3. The van der Waals surface area contributed by atoms with Crippen molar-refractivity contribution in [1.82, 2.24) is 4.57 Å². The highest BCUT2D eigenvalue weighted by Gasteiger charge is 2.05. The summed E-state index contributed by atoms with van der Waals surface area (Å²) < 4.78 is 13.0. The van der Waals surface area contributed by atoms with Crippen molar-refractivity contribution in [3.05, 3.63) is 94.9 Å². The van der Waals surface area contributed by atoms with Crippen LogP contribution in [-0.4, -0.2) is 11.2 Å². The highest BCUT2D eigenvalue weighted by molar-refractivity contribution is 5.21. The smallest absolute Gasteiger partial charge is 0.292 e. The summed E-state index contributed by atoms with van der Waals surface area (Å²) in [5.74, 6) is 1.21. The molecule has 1 aromatic heterocycles. The van der Waals surface area contributed by atoms with Gasteiger partial charge in [-0.3, -0.25) is 4.79 Å². The monoisotopic (exact) mass is 335 g/mol. The molecule has 0 saturated carbocycles. The van der Waals surface area contributed by atoms with Gasteiger partial charge < -0.3 is 14.0 Å². The van der Waals surface area contributed by atoms with Crippen LogP contribution in [0, 0.1) is 0 Å². The zero-order valence-electron chi connectivity index (χ0n) is 14.0. The first-order valence-electron chi connectivity index (χ1n) is 8.37. The van der Waals surface area contributed by atoms with Gasteiger partial charge in [0.15, 0.2) is 5.75 Å². The lowest BCUT2D eigenvalue weighted by Gasteiger charge is -2.10. The molecular formula is C21H21NO3. The Labute approximate surface area is 147 Å². The number of ether oxygens (including phenoxy) is 2. The fraction of sp³-hybridized carbons (Fsp3) is 0.190. The third kappa shape index (κ3) is 4.98. The predicted octanol–water partition coefficient (Wildman–Crippen LogP) is 3.90.